The molecule has 6 aromatic carbocycles. The van der Waals surface area contributed by atoms with Gasteiger partial charge in [-0.05, 0) is 233 Å². The van der Waals surface area contributed by atoms with Gasteiger partial charge in [0, 0.05) is 65.6 Å². The summed E-state index contributed by atoms with van der Waals surface area (Å²) in [7, 11) is 1.82. The van der Waals surface area contributed by atoms with Gasteiger partial charge in [-0.3, -0.25) is 43.1 Å². The van der Waals surface area contributed by atoms with E-state index < -0.39 is 216 Å². The van der Waals surface area contributed by atoms with Crippen LogP contribution in [-0.2, 0) is 52.6 Å². The van der Waals surface area contributed by atoms with Crippen molar-refractivity contribution < 1.29 is 117 Å². The third-order valence-corrected chi connectivity index (χ3v) is 26.9. The lowest BCUT2D eigenvalue weighted by Crippen LogP contribution is -2.64. The molecule has 4 saturated carbocycles. The van der Waals surface area contributed by atoms with Gasteiger partial charge in [0.15, 0.2) is 41.2 Å². The number of aliphatic hydroxyl groups is 6. The Morgan fingerprint density at radius 1 is 0.710 bits per heavy atom. The molecule has 0 spiro atoms. The average Bonchev–Trinajstić information content (AvgIpc) is 0.758. The summed E-state index contributed by atoms with van der Waals surface area (Å²) in [5.74, 6) is -14.5. The van der Waals surface area contributed by atoms with Crippen molar-refractivity contribution in [3.63, 3.8) is 0 Å². The molecule has 2 saturated heterocycles. The first-order chi connectivity index (χ1) is 59.1. The molecule has 6 fully saturated rings. The summed E-state index contributed by atoms with van der Waals surface area (Å²) in [5.41, 5.74) is 3.77. The van der Waals surface area contributed by atoms with Crippen molar-refractivity contribution in [3.8, 4) is 62.9 Å². The minimum atomic E-state index is -2.19. The van der Waals surface area contributed by atoms with Crippen LogP contribution in [0.1, 0.15) is 176 Å². The summed E-state index contributed by atoms with van der Waals surface area (Å²) in [4.78, 5) is 126. The smallest absolute Gasteiger partial charge is 0.246 e. The maximum atomic E-state index is 16.8. The van der Waals surface area contributed by atoms with Gasteiger partial charge in [0.2, 0.25) is 41.6 Å². The molecule has 34 heteroatoms. The van der Waals surface area contributed by atoms with E-state index in [0.717, 1.165) is 74.4 Å². The number of amides is 5. The monoisotopic (exact) mass is 1770 g/mol. The van der Waals surface area contributed by atoms with E-state index in [-0.39, 0.29) is 97.0 Å². The van der Waals surface area contributed by atoms with E-state index >= 15 is 28.8 Å². The first kappa shape index (κ1) is 91.0. The van der Waals surface area contributed by atoms with E-state index in [1.807, 2.05) is 20.9 Å². The predicted octanol–water partition coefficient (Wildman–Crippen LogP) is 8.79. The summed E-state index contributed by atoms with van der Waals surface area (Å²) < 4.78 is 48.0. The number of fused-ring (bicyclic) bond motifs is 15. The summed E-state index contributed by atoms with van der Waals surface area (Å²) >= 11 is 15.5. The second-order valence-electron chi connectivity index (χ2n) is 34.9. The molecule has 6 aromatic rings. The molecular formula is C90H107Cl2N7O24S. The first-order valence-corrected chi connectivity index (χ1v) is 43.8. The fraction of sp³-hybridized carbons (Fsp3) is 0.511. The highest BCUT2D eigenvalue weighted by atomic mass is 35.5. The molecule has 11 aliphatic rings. The lowest BCUT2D eigenvalue weighted by Gasteiger charge is -2.54. The predicted molar refractivity (Wildman–Crippen MR) is 451 cm³/mol. The minimum absolute atomic E-state index is 0.0251. The number of rotatable bonds is 22. The Hall–Kier alpha value is -9.23. The van der Waals surface area contributed by atoms with Crippen LogP contribution in [0.3, 0.4) is 0 Å². The Morgan fingerprint density at radius 3 is 1.98 bits per heavy atom. The number of hydrogen-bond donors (Lipinski definition) is 16. The topological polar surface area (TPSA) is 481 Å². The molecule has 124 heavy (non-hydrogen) atoms. The van der Waals surface area contributed by atoms with E-state index in [9.17, 15) is 55.5 Å². The summed E-state index contributed by atoms with van der Waals surface area (Å²) in [6.07, 6.45) is -14.2. The standard InChI is InChI=1S/C90H107Cl2N7O24S/c1-7-44(21-40(2)3)85(113)97-76-63(104)30-51(33-71(107)99-124-54-14-12-53(13-15-54)117-20-8-19-94-6)86(114)95-74-50-31-68(119-66-17-10-46(78(76)108)28-59(66)91)82(123-89-83(81(111)80(110)70(39-100)121-89)122-72-38-90(5,93)84(112)41(4)118-72)69(32-50)120-67-18-11-47(29-60(67)92)79(109)77-88(116)96-75(65(106)36-55-48-23-42-22-43(25-48)26-49(55)24-42)58-34-52(101)35-62(103)73(58)57-27-45(9-16-61(57)102)56(37-64(74)105)87(115)98-77/h9-18,27-29,31-32,34-35,40-44,48-49,51,55-56,70,72,74-81,83-84,89,94,100-103,108-112H,7-8,19-26,30,33,36-39,93H2,1-6H3,(H,95,114)(H,96,116)(H,97,113)(H,98,115)(H,99,107)/t41-,42?,43?,44-,48?,49?,51-,55?,56-,70+,72-,74+,75-,76-,77+,78+,79-,80-,81-,83-,84+,89-,90-/m0/s1. The normalized spacial score (nSPS) is 30.7. The van der Waals surface area contributed by atoms with Crippen molar-refractivity contribution in [3.05, 3.63) is 141 Å². The highest BCUT2D eigenvalue weighted by molar-refractivity contribution is 7.98. The number of Topliss-reactive ketones (excluding diaryl/α,β-unsaturated/α-hetero) is 3. The zero-order valence-corrected chi connectivity index (χ0v) is 71.6. The SMILES string of the molecule is CC[C@@H](CC(C)C)C(=O)N[C@H]1C(=O)C[C@@H](CC(=O)NSc2ccc(OCCCNC)cc2)C(=O)N[C@H]2C(=O)C[C@@H]3C(=O)N[C@@H](C(=O)N[C@H](C(=O)CC4C5CC6CC(C5)CC4C6)c4cc(O)cc(O)c4-c4cc3ccc4O)[C@@H](O)c3ccc(c(Cl)c3)Oc3cc2cc(c3O[C@@H]2O[C@H](CO)[C@H](O)[C@H](O)[C@@H]2O[C@H]2C[C@](C)(N)[C@H](O)[C@H](C)O2)Oc2ccc(cc2Cl)[C@H]1O. The number of aromatic hydroxyl groups is 3. The van der Waals surface area contributed by atoms with Crippen molar-refractivity contribution in [1.29, 1.82) is 0 Å². The van der Waals surface area contributed by atoms with Crippen LogP contribution in [-0.4, -0.2) is 186 Å². The Kier molecular flexibility index (Phi) is 28.3. The van der Waals surface area contributed by atoms with E-state index in [2.05, 4.69) is 31.3 Å². The molecule has 0 aromatic heterocycles. The number of ketones is 3. The Balaban J connectivity index is 0.954. The van der Waals surface area contributed by atoms with Crippen LogP contribution < -0.4 is 56.0 Å². The zero-order valence-electron chi connectivity index (χ0n) is 69.3. The Morgan fingerprint density at radius 2 is 1.36 bits per heavy atom. The molecule has 0 radical (unpaired) electrons. The van der Waals surface area contributed by atoms with Crippen LogP contribution in [0.5, 0.6) is 51.7 Å². The molecule has 0 unspecified atom stereocenters. The molecule has 18 atom stereocenters. The van der Waals surface area contributed by atoms with Gasteiger partial charge >= 0.3 is 0 Å². The molecule has 15 bridgehead atoms. The summed E-state index contributed by atoms with van der Waals surface area (Å²) in [6, 6.07) is 14.3. The number of ether oxygens (including phenoxy) is 7. The quantitative estimate of drug-likeness (QED) is 0.0223. The van der Waals surface area contributed by atoms with Crippen molar-refractivity contribution in [1.82, 2.24) is 31.3 Å². The Labute approximate surface area is 730 Å². The van der Waals surface area contributed by atoms with Gasteiger partial charge in [0.1, 0.15) is 89.2 Å². The number of halogens is 2. The lowest BCUT2D eigenvalue weighted by molar-refractivity contribution is -0.333. The second kappa shape index (κ2) is 38.5. The van der Waals surface area contributed by atoms with Crippen molar-refractivity contribution in [2.45, 2.75) is 220 Å². The van der Waals surface area contributed by atoms with Gasteiger partial charge in [-0.15, -0.1) is 0 Å². The van der Waals surface area contributed by atoms with Gasteiger partial charge < -0.3 is 111 Å². The third-order valence-electron chi connectivity index (χ3n) is 25.5. The number of carbonyl (C=O) groups is 8. The number of benzene rings is 6. The highest BCUT2D eigenvalue weighted by Gasteiger charge is 2.53. The van der Waals surface area contributed by atoms with E-state index in [1.54, 1.807) is 38.1 Å². The number of phenols is 3. The molecular weight excluding hydrogens is 1670 g/mol. The first-order valence-electron chi connectivity index (χ1n) is 42.2. The Bertz CT molecular complexity index is 4980. The van der Waals surface area contributed by atoms with Gasteiger partial charge in [0.05, 0.1) is 47.3 Å². The van der Waals surface area contributed by atoms with Crippen molar-refractivity contribution in [2.24, 2.45) is 53.1 Å². The van der Waals surface area contributed by atoms with E-state index in [0.29, 0.717) is 54.9 Å². The van der Waals surface area contributed by atoms with Crippen molar-refractivity contribution in [2.75, 3.05) is 26.8 Å². The molecule has 666 valence electrons. The average molecular weight is 1770 g/mol. The molecule has 31 nitrogen and oxygen atoms in total. The highest BCUT2D eigenvalue weighted by Crippen LogP contribution is 2.59. The van der Waals surface area contributed by atoms with Gasteiger partial charge in [0.25, 0.3) is 0 Å². The summed E-state index contributed by atoms with van der Waals surface area (Å²) in [6.45, 7) is 8.80. The van der Waals surface area contributed by atoms with Crippen LogP contribution in [0.2, 0.25) is 10.0 Å². The number of nitrogens with two attached hydrogens (primary N) is 1. The number of phenolic OH excluding ortho intramolecular Hbond substituents is 3. The van der Waals surface area contributed by atoms with Gasteiger partial charge in [-0.1, -0.05) is 62.2 Å². The number of aliphatic hydroxyl groups excluding tert-OH is 6. The lowest BCUT2D eigenvalue weighted by atomic mass is 9.51. The molecule has 7 aliphatic heterocycles. The fourth-order valence-corrected chi connectivity index (χ4v) is 20.2. The summed E-state index contributed by atoms with van der Waals surface area (Å²) in [5, 5.41) is 121. The third kappa shape index (κ3) is 19.9. The molecule has 17 rings (SSSR count). The van der Waals surface area contributed by atoms with E-state index in [4.69, 9.17) is 62.1 Å². The van der Waals surface area contributed by atoms with Gasteiger partial charge in [-0.25, -0.2) is 0 Å². The van der Waals surface area contributed by atoms with Gasteiger partial charge in [-0.2, -0.15) is 0 Å². The second-order valence-corrected chi connectivity index (χ2v) is 36.6. The van der Waals surface area contributed by atoms with Crippen LogP contribution in [0, 0.1) is 47.3 Å². The van der Waals surface area contributed by atoms with Crippen molar-refractivity contribution >= 4 is 82.0 Å². The van der Waals surface area contributed by atoms with Crippen LogP contribution >= 0.6 is 35.1 Å². The van der Waals surface area contributed by atoms with Crippen LogP contribution in [0.4, 0.5) is 0 Å². The maximum Gasteiger partial charge on any atom is 0.246 e. The number of hydrogen-bond acceptors (Lipinski definition) is 27. The molecule has 7 heterocycles. The number of nitrogens with one attached hydrogen (secondary N) is 6. The molecule has 4 aliphatic carbocycles. The largest absolute Gasteiger partial charge is 0.508 e. The van der Waals surface area contributed by atoms with Crippen LogP contribution in [0.15, 0.2) is 108 Å². The van der Waals surface area contributed by atoms with Crippen LogP contribution in [0.25, 0.3) is 11.1 Å². The fourth-order valence-electron chi connectivity index (χ4n) is 19.2. The molecule has 5 amide bonds. The zero-order chi connectivity index (χ0) is 88.6. The maximum absolute atomic E-state index is 16.8. The molecule has 17 N–H and O–H groups in total. The van der Waals surface area contributed by atoms with E-state index in [1.165, 1.54) is 55.5 Å². The number of carbonyl (C=O) groups excluding carboxylic acids is 8. The minimum Gasteiger partial charge on any atom is -0.508 e.